The van der Waals surface area contributed by atoms with E-state index in [4.69, 9.17) is 0 Å². The standard InChI is InChI=1S/C23H17N3O6/c27-21(13-10-15-8-11-18(12-9-15)26(31)32)25-20-7-2-1-6-19(20)22(28)24-17-5-3-4-16(14-17)23(29)30/h1-14H,(H,24,28)(H,25,27)(H,29,30)/p-1/b13-10+. The van der Waals surface area contributed by atoms with Crippen LogP contribution in [0.25, 0.3) is 6.08 Å². The summed E-state index contributed by atoms with van der Waals surface area (Å²) < 4.78 is 0. The molecule has 0 saturated carbocycles. The van der Waals surface area contributed by atoms with Crippen molar-refractivity contribution in [2.45, 2.75) is 0 Å². The summed E-state index contributed by atoms with van der Waals surface area (Å²) in [6.07, 6.45) is 2.71. The first-order valence-corrected chi connectivity index (χ1v) is 9.29. The van der Waals surface area contributed by atoms with Gasteiger partial charge in [0.2, 0.25) is 5.91 Å². The quantitative estimate of drug-likeness (QED) is 0.335. The summed E-state index contributed by atoms with van der Waals surface area (Å²) in [5.41, 5.74) is 1.13. The van der Waals surface area contributed by atoms with Gasteiger partial charge < -0.3 is 20.5 Å². The van der Waals surface area contributed by atoms with Crippen molar-refractivity contribution >= 4 is 40.9 Å². The summed E-state index contributed by atoms with van der Waals surface area (Å²) >= 11 is 0. The highest BCUT2D eigenvalue weighted by molar-refractivity contribution is 6.12. The first-order chi connectivity index (χ1) is 15.3. The lowest BCUT2D eigenvalue weighted by atomic mass is 10.1. The Kier molecular flexibility index (Phi) is 6.72. The molecule has 0 aromatic heterocycles. The van der Waals surface area contributed by atoms with Gasteiger partial charge in [-0.2, -0.15) is 0 Å². The van der Waals surface area contributed by atoms with Gasteiger partial charge in [0.1, 0.15) is 0 Å². The fourth-order valence-corrected chi connectivity index (χ4v) is 2.77. The molecule has 0 aliphatic carbocycles. The summed E-state index contributed by atoms with van der Waals surface area (Å²) in [7, 11) is 0. The molecule has 0 bridgehead atoms. The number of carbonyl (C=O) groups excluding carboxylic acids is 3. The molecule has 3 aromatic rings. The molecule has 32 heavy (non-hydrogen) atoms. The van der Waals surface area contributed by atoms with Crippen LogP contribution < -0.4 is 15.7 Å². The summed E-state index contributed by atoms with van der Waals surface area (Å²) in [6, 6.07) is 17.6. The zero-order valence-electron chi connectivity index (χ0n) is 16.5. The second kappa shape index (κ2) is 9.81. The minimum atomic E-state index is -1.37. The van der Waals surface area contributed by atoms with E-state index < -0.39 is 22.7 Å². The molecule has 9 nitrogen and oxygen atoms in total. The third kappa shape index (κ3) is 5.63. The molecule has 0 unspecified atom stereocenters. The molecule has 0 aliphatic heterocycles. The number of benzene rings is 3. The smallest absolute Gasteiger partial charge is 0.269 e. The number of para-hydroxylation sites is 1. The fourth-order valence-electron chi connectivity index (χ4n) is 2.77. The molecule has 3 aromatic carbocycles. The van der Waals surface area contributed by atoms with Crippen LogP contribution in [0, 0.1) is 10.1 Å². The Labute approximate surface area is 182 Å². The van der Waals surface area contributed by atoms with Crippen molar-refractivity contribution < 1.29 is 24.4 Å². The Morgan fingerprint density at radius 1 is 0.875 bits per heavy atom. The molecule has 0 heterocycles. The van der Waals surface area contributed by atoms with Crippen molar-refractivity contribution in [2.24, 2.45) is 0 Å². The predicted octanol–water partition coefficient (Wildman–Crippen LogP) is 2.86. The van der Waals surface area contributed by atoms with Gasteiger partial charge in [-0.05, 0) is 53.6 Å². The number of nitrogens with zero attached hydrogens (tertiary/aromatic N) is 1. The molecular formula is C23H16N3O6-. The number of anilines is 2. The summed E-state index contributed by atoms with van der Waals surface area (Å²) in [5.74, 6) is -2.42. The maximum Gasteiger partial charge on any atom is 0.269 e. The lowest BCUT2D eigenvalue weighted by molar-refractivity contribution is -0.384. The third-order valence-electron chi connectivity index (χ3n) is 4.32. The fraction of sp³-hybridized carbons (Fsp3) is 0. The number of rotatable bonds is 7. The van der Waals surface area contributed by atoms with E-state index in [2.05, 4.69) is 10.6 Å². The highest BCUT2D eigenvalue weighted by Crippen LogP contribution is 2.19. The number of nitro groups is 1. The molecular weight excluding hydrogens is 414 g/mol. The number of nitrogens with one attached hydrogen (secondary N) is 2. The number of amides is 2. The Morgan fingerprint density at radius 2 is 1.59 bits per heavy atom. The topological polar surface area (TPSA) is 141 Å². The minimum absolute atomic E-state index is 0.0586. The highest BCUT2D eigenvalue weighted by atomic mass is 16.6. The summed E-state index contributed by atoms with van der Waals surface area (Å²) in [4.78, 5) is 46.1. The second-order valence-corrected chi connectivity index (χ2v) is 6.54. The van der Waals surface area contributed by atoms with Gasteiger partial charge in [-0.15, -0.1) is 0 Å². The van der Waals surface area contributed by atoms with Crippen molar-refractivity contribution in [1.29, 1.82) is 0 Å². The average molecular weight is 430 g/mol. The van der Waals surface area contributed by atoms with Gasteiger partial charge in [0.15, 0.2) is 0 Å². The monoisotopic (exact) mass is 430 g/mol. The highest BCUT2D eigenvalue weighted by Gasteiger charge is 2.13. The van der Waals surface area contributed by atoms with Crippen LogP contribution in [-0.2, 0) is 4.79 Å². The molecule has 9 heteroatoms. The number of carbonyl (C=O) groups is 3. The molecule has 3 rings (SSSR count). The minimum Gasteiger partial charge on any atom is -0.545 e. The third-order valence-corrected chi connectivity index (χ3v) is 4.32. The first-order valence-electron chi connectivity index (χ1n) is 9.29. The summed E-state index contributed by atoms with van der Waals surface area (Å²) in [5, 5.41) is 26.9. The second-order valence-electron chi connectivity index (χ2n) is 6.54. The van der Waals surface area contributed by atoms with Gasteiger partial charge in [0.05, 0.1) is 22.1 Å². The van der Waals surface area contributed by atoms with Gasteiger partial charge >= 0.3 is 0 Å². The van der Waals surface area contributed by atoms with Gasteiger partial charge in [-0.3, -0.25) is 19.7 Å². The lowest BCUT2D eigenvalue weighted by Crippen LogP contribution is -2.22. The van der Waals surface area contributed by atoms with Crippen molar-refractivity contribution in [3.8, 4) is 0 Å². The van der Waals surface area contributed by atoms with Gasteiger partial charge in [-0.25, -0.2) is 0 Å². The van der Waals surface area contributed by atoms with Crippen LogP contribution in [-0.4, -0.2) is 22.7 Å². The van der Waals surface area contributed by atoms with E-state index in [1.165, 1.54) is 66.7 Å². The first kappa shape index (κ1) is 21.9. The van der Waals surface area contributed by atoms with E-state index in [0.29, 0.717) is 5.56 Å². The maximum atomic E-state index is 12.7. The number of hydrogen-bond acceptors (Lipinski definition) is 6. The van der Waals surface area contributed by atoms with E-state index in [1.807, 2.05) is 0 Å². The van der Waals surface area contributed by atoms with E-state index in [-0.39, 0.29) is 28.2 Å². The Hall–Kier alpha value is -4.79. The van der Waals surface area contributed by atoms with Crippen LogP contribution in [0.3, 0.4) is 0 Å². The number of non-ortho nitro benzene ring substituents is 1. The number of carboxylic acid groups (broad SMARTS) is 1. The molecule has 2 N–H and O–H groups in total. The van der Waals surface area contributed by atoms with E-state index in [1.54, 1.807) is 18.2 Å². The molecule has 160 valence electrons. The van der Waals surface area contributed by atoms with Crippen LogP contribution in [0.5, 0.6) is 0 Å². The molecule has 0 radical (unpaired) electrons. The SMILES string of the molecule is O=C(/C=C/c1ccc([N+](=O)[O-])cc1)Nc1ccccc1C(=O)Nc1cccc(C(=O)[O-])c1. The molecule has 0 spiro atoms. The zero-order valence-corrected chi connectivity index (χ0v) is 16.5. The van der Waals surface area contributed by atoms with E-state index in [0.717, 1.165) is 0 Å². The lowest BCUT2D eigenvalue weighted by Gasteiger charge is -2.11. The van der Waals surface area contributed by atoms with Crippen LogP contribution in [0.2, 0.25) is 0 Å². The molecule has 0 fully saturated rings. The van der Waals surface area contributed by atoms with Crippen molar-refractivity contribution in [2.75, 3.05) is 10.6 Å². The Bertz CT molecular complexity index is 1220. The van der Waals surface area contributed by atoms with Crippen molar-refractivity contribution in [3.05, 3.63) is 106 Å². The largest absolute Gasteiger partial charge is 0.545 e. The van der Waals surface area contributed by atoms with E-state index in [9.17, 15) is 29.6 Å². The maximum absolute atomic E-state index is 12.7. The van der Waals surface area contributed by atoms with Crippen molar-refractivity contribution in [1.82, 2.24) is 0 Å². The Morgan fingerprint density at radius 3 is 2.28 bits per heavy atom. The average Bonchev–Trinajstić information content (AvgIpc) is 2.78. The van der Waals surface area contributed by atoms with Gasteiger partial charge in [-0.1, -0.05) is 24.3 Å². The number of carboxylic acids is 1. The number of nitro benzene ring substituents is 1. The van der Waals surface area contributed by atoms with Crippen molar-refractivity contribution in [3.63, 3.8) is 0 Å². The van der Waals surface area contributed by atoms with Crippen LogP contribution in [0.1, 0.15) is 26.3 Å². The normalized spacial score (nSPS) is 10.5. The van der Waals surface area contributed by atoms with Gasteiger partial charge in [0, 0.05) is 23.9 Å². The number of aromatic carboxylic acids is 1. The summed E-state index contributed by atoms with van der Waals surface area (Å²) in [6.45, 7) is 0. The molecule has 2 amide bonds. The number of hydrogen-bond donors (Lipinski definition) is 2. The Balaban J connectivity index is 1.71. The van der Waals surface area contributed by atoms with E-state index >= 15 is 0 Å². The zero-order chi connectivity index (χ0) is 23.1. The molecule has 0 aliphatic rings. The van der Waals surface area contributed by atoms with Crippen LogP contribution in [0.4, 0.5) is 17.1 Å². The predicted molar refractivity (Wildman–Crippen MR) is 116 cm³/mol. The molecule has 0 atom stereocenters. The van der Waals surface area contributed by atoms with Gasteiger partial charge in [0.25, 0.3) is 11.6 Å². The van der Waals surface area contributed by atoms with Crippen LogP contribution >= 0.6 is 0 Å². The van der Waals surface area contributed by atoms with Crippen LogP contribution in [0.15, 0.2) is 78.9 Å². The molecule has 0 saturated heterocycles.